The van der Waals surface area contributed by atoms with E-state index in [2.05, 4.69) is 5.32 Å². The molecule has 1 saturated heterocycles. The first-order valence-electron chi connectivity index (χ1n) is 7.37. The van der Waals surface area contributed by atoms with Crippen LogP contribution in [0.2, 0.25) is 0 Å². The predicted octanol–water partition coefficient (Wildman–Crippen LogP) is 0.471. The Hall–Kier alpha value is -1.71. The normalized spacial score (nSPS) is 21.0. The summed E-state index contributed by atoms with van der Waals surface area (Å²) in [7, 11) is 0.876. The molecular weight excluding hydrogens is 339 g/mol. The molecule has 0 aromatic heterocycles. The molecule has 7 nitrogen and oxygen atoms in total. The third kappa shape index (κ3) is 4.22. The van der Waals surface area contributed by atoms with E-state index in [9.17, 15) is 17.6 Å². The lowest BCUT2D eigenvalue weighted by Gasteiger charge is -2.21. The second-order valence-corrected chi connectivity index (χ2v) is 8.01. The van der Waals surface area contributed by atoms with Gasteiger partial charge in [-0.3, -0.25) is 4.79 Å². The van der Waals surface area contributed by atoms with Gasteiger partial charge in [0.25, 0.3) is 5.91 Å². The Bertz CT molecular complexity index is 708. The van der Waals surface area contributed by atoms with E-state index < -0.39 is 27.8 Å². The van der Waals surface area contributed by atoms with Gasteiger partial charge in [0.05, 0.1) is 37.7 Å². The zero-order valence-corrected chi connectivity index (χ0v) is 14.6. The van der Waals surface area contributed by atoms with E-state index in [1.807, 2.05) is 0 Å². The van der Waals surface area contributed by atoms with Crippen LogP contribution >= 0.6 is 0 Å². The highest BCUT2D eigenvalue weighted by molar-refractivity contribution is 7.89. The van der Waals surface area contributed by atoms with Crippen LogP contribution in [0.4, 0.5) is 4.39 Å². The number of amides is 1. The SMILES string of the molecule is COc1ccc(F)cc1C(=O)NC1COCC1CS(=O)(=O)N(C)C. The van der Waals surface area contributed by atoms with Crippen molar-refractivity contribution in [1.82, 2.24) is 9.62 Å². The molecule has 0 spiro atoms. The molecule has 0 saturated carbocycles. The monoisotopic (exact) mass is 360 g/mol. The molecule has 9 heteroatoms. The van der Waals surface area contributed by atoms with E-state index in [0.717, 1.165) is 10.4 Å². The van der Waals surface area contributed by atoms with Gasteiger partial charge in [0.15, 0.2) is 0 Å². The molecule has 134 valence electrons. The molecule has 1 N–H and O–H groups in total. The first-order chi connectivity index (χ1) is 11.2. The maximum Gasteiger partial charge on any atom is 0.255 e. The molecule has 0 radical (unpaired) electrons. The summed E-state index contributed by atoms with van der Waals surface area (Å²) in [5, 5.41) is 2.72. The van der Waals surface area contributed by atoms with E-state index >= 15 is 0 Å². The van der Waals surface area contributed by atoms with E-state index in [1.54, 1.807) is 0 Å². The number of nitrogens with zero attached hydrogens (tertiary/aromatic N) is 1. The van der Waals surface area contributed by atoms with Gasteiger partial charge in [-0.2, -0.15) is 0 Å². The van der Waals surface area contributed by atoms with Gasteiger partial charge in [0, 0.05) is 20.0 Å². The van der Waals surface area contributed by atoms with E-state index in [4.69, 9.17) is 9.47 Å². The summed E-state index contributed by atoms with van der Waals surface area (Å²) in [6.07, 6.45) is 0. The summed E-state index contributed by atoms with van der Waals surface area (Å²) in [4.78, 5) is 12.4. The molecule has 1 fully saturated rings. The van der Waals surface area contributed by atoms with Gasteiger partial charge in [-0.15, -0.1) is 0 Å². The minimum atomic E-state index is -3.42. The number of benzene rings is 1. The van der Waals surface area contributed by atoms with Crippen molar-refractivity contribution in [2.45, 2.75) is 6.04 Å². The molecule has 2 unspecified atom stereocenters. The highest BCUT2D eigenvalue weighted by atomic mass is 32.2. The molecule has 2 atom stereocenters. The van der Waals surface area contributed by atoms with E-state index in [1.165, 1.54) is 33.3 Å². The number of carbonyl (C=O) groups excluding carboxylic acids is 1. The number of hydrogen-bond acceptors (Lipinski definition) is 5. The van der Waals surface area contributed by atoms with Crippen molar-refractivity contribution in [3.8, 4) is 5.75 Å². The molecule has 1 aromatic carbocycles. The standard InChI is InChI=1S/C15H21FN2O5S/c1-18(2)24(20,21)9-10-7-23-8-13(10)17-15(19)12-6-11(16)4-5-14(12)22-3/h4-6,10,13H,7-9H2,1-3H3,(H,17,19). The van der Waals surface area contributed by atoms with Gasteiger partial charge < -0.3 is 14.8 Å². The number of ether oxygens (including phenoxy) is 2. The van der Waals surface area contributed by atoms with Gasteiger partial charge in [-0.05, 0) is 18.2 Å². The maximum atomic E-state index is 13.4. The van der Waals surface area contributed by atoms with Gasteiger partial charge in [0.1, 0.15) is 11.6 Å². The molecule has 0 aliphatic carbocycles. The summed E-state index contributed by atoms with van der Waals surface area (Å²) in [5.41, 5.74) is 0.0543. The van der Waals surface area contributed by atoms with Crippen LogP contribution in [0, 0.1) is 11.7 Å². The third-order valence-electron chi connectivity index (χ3n) is 3.90. The van der Waals surface area contributed by atoms with Crippen molar-refractivity contribution >= 4 is 15.9 Å². The van der Waals surface area contributed by atoms with E-state index in [-0.39, 0.29) is 36.2 Å². The van der Waals surface area contributed by atoms with Crippen LogP contribution < -0.4 is 10.1 Å². The lowest BCUT2D eigenvalue weighted by molar-refractivity contribution is 0.0922. The van der Waals surface area contributed by atoms with Crippen LogP contribution in [0.25, 0.3) is 0 Å². The fourth-order valence-electron chi connectivity index (χ4n) is 2.45. The Balaban J connectivity index is 2.12. The Labute approximate surface area is 140 Å². The highest BCUT2D eigenvalue weighted by Crippen LogP contribution is 2.22. The molecule has 1 aliphatic rings. The smallest absolute Gasteiger partial charge is 0.255 e. The zero-order chi connectivity index (χ0) is 17.9. The van der Waals surface area contributed by atoms with Crippen LogP contribution in [-0.4, -0.2) is 64.8 Å². The van der Waals surface area contributed by atoms with Crippen molar-refractivity contribution < 1.29 is 27.1 Å². The highest BCUT2D eigenvalue weighted by Gasteiger charge is 2.34. The average molecular weight is 360 g/mol. The van der Waals surface area contributed by atoms with Crippen molar-refractivity contribution in [2.24, 2.45) is 5.92 Å². The van der Waals surface area contributed by atoms with Gasteiger partial charge in [-0.25, -0.2) is 17.1 Å². The predicted molar refractivity (Wildman–Crippen MR) is 86.0 cm³/mol. The summed E-state index contributed by atoms with van der Waals surface area (Å²) in [6, 6.07) is 3.17. The molecular formula is C15H21FN2O5S. The summed E-state index contributed by atoms with van der Waals surface area (Å²) in [6.45, 7) is 0.440. The number of rotatable bonds is 6. The van der Waals surface area contributed by atoms with Crippen LogP contribution in [-0.2, 0) is 14.8 Å². The van der Waals surface area contributed by atoms with Crippen molar-refractivity contribution in [3.63, 3.8) is 0 Å². The second-order valence-electron chi connectivity index (χ2n) is 5.78. The molecule has 1 aliphatic heterocycles. The van der Waals surface area contributed by atoms with Crippen LogP contribution in [0.15, 0.2) is 18.2 Å². The van der Waals surface area contributed by atoms with Crippen molar-refractivity contribution in [2.75, 3.05) is 40.2 Å². The third-order valence-corrected chi connectivity index (χ3v) is 5.86. The summed E-state index contributed by atoms with van der Waals surface area (Å²) in [5.74, 6) is -1.36. The quantitative estimate of drug-likeness (QED) is 0.797. The first-order valence-corrected chi connectivity index (χ1v) is 8.98. The van der Waals surface area contributed by atoms with Crippen molar-refractivity contribution in [3.05, 3.63) is 29.6 Å². The van der Waals surface area contributed by atoms with Crippen LogP contribution in [0.3, 0.4) is 0 Å². The Morgan fingerprint density at radius 1 is 1.42 bits per heavy atom. The molecule has 24 heavy (non-hydrogen) atoms. The topological polar surface area (TPSA) is 84.9 Å². The Kier molecular flexibility index (Phi) is 5.79. The number of halogens is 1. The lowest BCUT2D eigenvalue weighted by atomic mass is 10.1. The molecule has 1 aromatic rings. The van der Waals surface area contributed by atoms with Crippen molar-refractivity contribution in [1.29, 1.82) is 0 Å². The van der Waals surface area contributed by atoms with E-state index in [0.29, 0.717) is 0 Å². The molecule has 0 bridgehead atoms. The Morgan fingerprint density at radius 2 is 2.12 bits per heavy atom. The minimum absolute atomic E-state index is 0.0543. The number of hydrogen-bond donors (Lipinski definition) is 1. The minimum Gasteiger partial charge on any atom is -0.496 e. The summed E-state index contributed by atoms with van der Waals surface area (Å²) >= 11 is 0. The zero-order valence-electron chi connectivity index (χ0n) is 13.8. The number of methoxy groups -OCH3 is 1. The molecule has 1 amide bonds. The lowest BCUT2D eigenvalue weighted by Crippen LogP contribution is -2.43. The fourth-order valence-corrected chi connectivity index (χ4v) is 3.61. The van der Waals surface area contributed by atoms with Crippen LogP contribution in [0.5, 0.6) is 5.75 Å². The largest absolute Gasteiger partial charge is 0.496 e. The Morgan fingerprint density at radius 3 is 2.75 bits per heavy atom. The first kappa shape index (κ1) is 18.6. The van der Waals surface area contributed by atoms with Gasteiger partial charge in [-0.1, -0.05) is 0 Å². The fraction of sp³-hybridized carbons (Fsp3) is 0.533. The number of carbonyl (C=O) groups is 1. The molecule has 2 rings (SSSR count). The maximum absolute atomic E-state index is 13.4. The van der Waals surface area contributed by atoms with Crippen LogP contribution in [0.1, 0.15) is 10.4 Å². The number of nitrogens with one attached hydrogen (secondary N) is 1. The van der Waals surface area contributed by atoms with Gasteiger partial charge >= 0.3 is 0 Å². The second kappa shape index (κ2) is 7.45. The van der Waals surface area contributed by atoms with Gasteiger partial charge in [0.2, 0.25) is 10.0 Å². The molecule has 1 heterocycles. The average Bonchev–Trinajstić information content (AvgIpc) is 2.93. The number of sulfonamides is 1. The summed E-state index contributed by atoms with van der Waals surface area (Å²) < 4.78 is 49.0.